The van der Waals surface area contributed by atoms with Crippen molar-refractivity contribution in [2.45, 2.75) is 13.5 Å². The van der Waals surface area contributed by atoms with Crippen LogP contribution in [0.2, 0.25) is 0 Å². The van der Waals surface area contributed by atoms with Gasteiger partial charge >= 0.3 is 0 Å². The Labute approximate surface area is 184 Å². The van der Waals surface area contributed by atoms with Gasteiger partial charge in [0, 0.05) is 65.1 Å². The molecule has 4 heterocycles. The third kappa shape index (κ3) is 5.23. The second-order valence-corrected chi connectivity index (χ2v) is 8.83. The fourth-order valence-electron chi connectivity index (χ4n) is 3.95. The Morgan fingerprint density at radius 1 is 1.07 bits per heavy atom. The van der Waals surface area contributed by atoms with Crippen molar-refractivity contribution in [3.8, 4) is 0 Å². The Hall–Kier alpha value is -2.32. The molecule has 4 rings (SSSR count). The highest BCUT2D eigenvalue weighted by Gasteiger charge is 2.20. The summed E-state index contributed by atoms with van der Waals surface area (Å²) in [5.41, 5.74) is 1.21. The van der Waals surface area contributed by atoms with Crippen molar-refractivity contribution in [1.29, 1.82) is 0 Å². The number of hydrogen-bond acceptors (Lipinski definition) is 6. The predicted octanol–water partition coefficient (Wildman–Crippen LogP) is 2.18. The Morgan fingerprint density at radius 2 is 1.83 bits per heavy atom. The number of pyridine rings is 1. The Kier molecular flexibility index (Phi) is 7.07. The molecule has 0 radical (unpaired) electrons. The van der Waals surface area contributed by atoms with Gasteiger partial charge in [-0.25, -0.2) is 9.98 Å². The van der Waals surface area contributed by atoms with Gasteiger partial charge in [0.15, 0.2) is 5.96 Å². The molecule has 2 aliphatic rings. The van der Waals surface area contributed by atoms with Crippen LogP contribution in [-0.4, -0.2) is 86.7 Å². The van der Waals surface area contributed by atoms with Crippen molar-refractivity contribution in [2.24, 2.45) is 4.99 Å². The van der Waals surface area contributed by atoms with Crippen LogP contribution in [-0.2, 0) is 6.54 Å². The lowest BCUT2D eigenvalue weighted by atomic mass is 10.2. The number of rotatable bonds is 5. The monoisotopic (exact) mass is 427 g/mol. The maximum absolute atomic E-state index is 4.95. The molecule has 162 valence electrons. The van der Waals surface area contributed by atoms with E-state index in [9.17, 15) is 0 Å². The molecule has 30 heavy (non-hydrogen) atoms. The van der Waals surface area contributed by atoms with E-state index in [1.165, 1.54) is 10.6 Å². The van der Waals surface area contributed by atoms with Crippen molar-refractivity contribution in [3.05, 3.63) is 41.4 Å². The Morgan fingerprint density at radius 3 is 2.53 bits per heavy atom. The zero-order valence-electron chi connectivity index (χ0n) is 18.1. The van der Waals surface area contributed by atoms with Crippen molar-refractivity contribution < 1.29 is 0 Å². The van der Waals surface area contributed by atoms with E-state index < -0.39 is 0 Å². The van der Waals surface area contributed by atoms with E-state index in [1.54, 1.807) is 0 Å². The normalized spacial score (nSPS) is 18.7. The van der Waals surface area contributed by atoms with Gasteiger partial charge in [0.1, 0.15) is 5.82 Å². The lowest BCUT2D eigenvalue weighted by molar-refractivity contribution is 0.312. The van der Waals surface area contributed by atoms with E-state index in [2.05, 4.69) is 73.5 Å². The second-order valence-electron chi connectivity index (χ2n) is 7.91. The van der Waals surface area contributed by atoms with E-state index in [4.69, 9.17) is 4.99 Å². The summed E-state index contributed by atoms with van der Waals surface area (Å²) >= 11 is 1.82. The fraction of sp³-hybridized carbons (Fsp3) is 0.545. The quantitative estimate of drug-likeness (QED) is 0.583. The molecule has 0 spiro atoms. The van der Waals surface area contributed by atoms with Gasteiger partial charge < -0.3 is 24.9 Å². The molecular weight excluding hydrogens is 394 g/mol. The number of anilines is 2. The van der Waals surface area contributed by atoms with Crippen LogP contribution in [0, 0.1) is 0 Å². The van der Waals surface area contributed by atoms with Gasteiger partial charge in [0.2, 0.25) is 0 Å². The SMILES string of the molecule is CCNC(=NCc1ccnc(N2CCN(C)CC2)c1)N1CCN(c2cccs2)CC1. The number of aromatic nitrogens is 1. The summed E-state index contributed by atoms with van der Waals surface area (Å²) in [4.78, 5) is 19.2. The van der Waals surface area contributed by atoms with E-state index in [0.717, 1.165) is 70.7 Å². The lowest BCUT2D eigenvalue weighted by Crippen LogP contribution is -2.52. The first kappa shape index (κ1) is 20.9. The molecule has 0 saturated carbocycles. The molecule has 0 bridgehead atoms. The summed E-state index contributed by atoms with van der Waals surface area (Å²) in [5, 5.41) is 7.00. The minimum Gasteiger partial charge on any atom is -0.360 e. The molecule has 2 aromatic heterocycles. The molecule has 0 amide bonds. The first-order chi connectivity index (χ1) is 14.7. The number of likely N-dealkylation sites (N-methyl/N-ethyl adjacent to an activating group) is 1. The Bertz CT molecular complexity index is 807. The molecule has 0 atom stereocenters. The van der Waals surface area contributed by atoms with Crippen LogP contribution in [0.25, 0.3) is 0 Å². The van der Waals surface area contributed by atoms with Crippen molar-refractivity contribution in [2.75, 3.05) is 75.8 Å². The van der Waals surface area contributed by atoms with Crippen molar-refractivity contribution >= 4 is 28.1 Å². The van der Waals surface area contributed by atoms with Crippen LogP contribution in [0.4, 0.5) is 10.8 Å². The molecule has 2 saturated heterocycles. The summed E-state index contributed by atoms with van der Waals surface area (Å²) in [5.74, 6) is 2.09. The highest BCUT2D eigenvalue weighted by Crippen LogP contribution is 2.22. The third-order valence-electron chi connectivity index (χ3n) is 5.78. The topological polar surface area (TPSA) is 50.2 Å². The zero-order valence-corrected chi connectivity index (χ0v) is 18.9. The molecule has 2 aromatic rings. The number of nitrogens with one attached hydrogen (secondary N) is 1. The van der Waals surface area contributed by atoms with E-state index in [1.807, 2.05) is 17.5 Å². The molecule has 2 fully saturated rings. The third-order valence-corrected chi connectivity index (χ3v) is 6.71. The van der Waals surface area contributed by atoms with Crippen LogP contribution >= 0.6 is 11.3 Å². The van der Waals surface area contributed by atoms with Gasteiger partial charge in [0.25, 0.3) is 0 Å². The van der Waals surface area contributed by atoms with Gasteiger partial charge in [0.05, 0.1) is 11.5 Å². The van der Waals surface area contributed by atoms with E-state index in [-0.39, 0.29) is 0 Å². The molecule has 8 heteroatoms. The van der Waals surface area contributed by atoms with E-state index >= 15 is 0 Å². The van der Waals surface area contributed by atoms with Crippen molar-refractivity contribution in [3.63, 3.8) is 0 Å². The first-order valence-corrected chi connectivity index (χ1v) is 11.8. The summed E-state index contributed by atoms with van der Waals surface area (Å²) in [6.07, 6.45) is 1.92. The summed E-state index contributed by atoms with van der Waals surface area (Å²) in [7, 11) is 2.18. The molecular formula is C22H33N7S. The summed E-state index contributed by atoms with van der Waals surface area (Å²) in [6.45, 7) is 12.0. The fourth-order valence-corrected chi connectivity index (χ4v) is 4.73. The number of aliphatic imine (C=N–C) groups is 1. The predicted molar refractivity (Wildman–Crippen MR) is 127 cm³/mol. The minimum atomic E-state index is 0.677. The second kappa shape index (κ2) is 10.1. The number of thiophene rings is 1. The molecule has 1 N–H and O–H groups in total. The maximum Gasteiger partial charge on any atom is 0.194 e. The van der Waals surface area contributed by atoms with E-state index in [0.29, 0.717) is 6.54 Å². The molecule has 0 aromatic carbocycles. The number of hydrogen-bond donors (Lipinski definition) is 1. The molecule has 0 aliphatic carbocycles. The van der Waals surface area contributed by atoms with Gasteiger partial charge in [-0.1, -0.05) is 0 Å². The highest BCUT2D eigenvalue weighted by molar-refractivity contribution is 7.14. The van der Waals surface area contributed by atoms with Crippen LogP contribution in [0.5, 0.6) is 0 Å². The molecule has 0 unspecified atom stereocenters. The number of guanidine groups is 1. The van der Waals surface area contributed by atoms with Crippen LogP contribution in [0.1, 0.15) is 12.5 Å². The van der Waals surface area contributed by atoms with Crippen molar-refractivity contribution in [1.82, 2.24) is 20.1 Å². The largest absolute Gasteiger partial charge is 0.360 e. The summed E-state index contributed by atoms with van der Waals surface area (Å²) < 4.78 is 0. The van der Waals surface area contributed by atoms with Gasteiger partial charge in [-0.3, -0.25) is 0 Å². The smallest absolute Gasteiger partial charge is 0.194 e. The standard InChI is InChI=1S/C22H33N7S/c1-3-23-22(29-14-12-28(13-15-29)21-5-4-16-30-21)25-18-19-6-7-24-20(17-19)27-10-8-26(2)9-11-27/h4-7,16-17H,3,8-15,18H2,1-2H3,(H,23,25). The number of piperazine rings is 2. The molecule has 2 aliphatic heterocycles. The minimum absolute atomic E-state index is 0.677. The number of nitrogens with zero attached hydrogens (tertiary/aromatic N) is 6. The summed E-state index contributed by atoms with van der Waals surface area (Å²) in [6, 6.07) is 8.62. The average molecular weight is 428 g/mol. The average Bonchev–Trinajstić information content (AvgIpc) is 3.32. The van der Waals surface area contributed by atoms with Gasteiger partial charge in [-0.2, -0.15) is 0 Å². The van der Waals surface area contributed by atoms with Gasteiger partial charge in [-0.15, -0.1) is 11.3 Å². The maximum atomic E-state index is 4.95. The van der Waals surface area contributed by atoms with Gasteiger partial charge in [-0.05, 0) is 49.2 Å². The van der Waals surface area contributed by atoms with Crippen LogP contribution in [0.15, 0.2) is 40.8 Å². The molecule has 7 nitrogen and oxygen atoms in total. The zero-order chi connectivity index (χ0) is 20.8. The van der Waals surface area contributed by atoms with Crippen LogP contribution in [0.3, 0.4) is 0 Å². The lowest BCUT2D eigenvalue weighted by Gasteiger charge is -2.37. The Balaban J connectivity index is 1.38. The highest BCUT2D eigenvalue weighted by atomic mass is 32.1. The first-order valence-electron chi connectivity index (χ1n) is 10.9. The van der Waals surface area contributed by atoms with Crippen LogP contribution < -0.4 is 15.1 Å².